The highest BCUT2D eigenvalue weighted by molar-refractivity contribution is 6.23. The number of fused-ring (bicyclic) bond motifs is 1. The Bertz CT molecular complexity index is 1320. The molecule has 0 N–H and O–H groups in total. The average molecular weight is 502 g/mol. The summed E-state index contributed by atoms with van der Waals surface area (Å²) in [6, 6.07) is 18.9. The van der Waals surface area contributed by atoms with Crippen LogP contribution in [0.1, 0.15) is 31.8 Å². The molecule has 3 amide bonds. The monoisotopic (exact) mass is 501 g/mol. The van der Waals surface area contributed by atoms with E-state index in [1.54, 1.807) is 29.2 Å². The summed E-state index contributed by atoms with van der Waals surface area (Å²) >= 11 is 0. The Kier molecular flexibility index (Phi) is 6.90. The minimum atomic E-state index is -0.324. The first-order chi connectivity index (χ1) is 17.9. The normalized spacial score (nSPS) is 15.2. The van der Waals surface area contributed by atoms with E-state index in [9.17, 15) is 18.8 Å². The number of imide groups is 1. The molecule has 3 aromatic rings. The highest BCUT2D eigenvalue weighted by Gasteiger charge is 2.38. The molecule has 37 heavy (non-hydrogen) atoms. The van der Waals surface area contributed by atoms with Crippen LogP contribution in [0.5, 0.6) is 5.75 Å². The maximum atomic E-state index is 13.3. The molecule has 0 radical (unpaired) electrons. The summed E-state index contributed by atoms with van der Waals surface area (Å²) in [5.74, 6) is -0.384. The number of carbonyl (C=O) groups excluding carboxylic acids is 3. The molecule has 0 aromatic heterocycles. The van der Waals surface area contributed by atoms with Gasteiger partial charge in [0.15, 0.2) is 6.61 Å². The molecule has 0 unspecified atom stereocenters. The summed E-state index contributed by atoms with van der Waals surface area (Å²) in [6.07, 6.45) is 0.451. The van der Waals surface area contributed by atoms with E-state index in [1.807, 2.05) is 37.3 Å². The molecular formula is C29H28FN3O4. The van der Waals surface area contributed by atoms with Gasteiger partial charge in [-0.25, -0.2) is 4.39 Å². The third-order valence-corrected chi connectivity index (χ3v) is 6.87. The van der Waals surface area contributed by atoms with Gasteiger partial charge >= 0.3 is 0 Å². The lowest BCUT2D eigenvalue weighted by Gasteiger charge is -2.36. The molecular weight excluding hydrogens is 473 g/mol. The van der Waals surface area contributed by atoms with Gasteiger partial charge in [0.05, 0.1) is 16.8 Å². The fourth-order valence-electron chi connectivity index (χ4n) is 4.74. The summed E-state index contributed by atoms with van der Waals surface area (Å²) in [4.78, 5) is 44.1. The van der Waals surface area contributed by atoms with Gasteiger partial charge in [-0.2, -0.15) is 0 Å². The second kappa shape index (κ2) is 10.4. The van der Waals surface area contributed by atoms with Crippen molar-refractivity contribution in [3.63, 3.8) is 0 Å². The molecule has 1 fully saturated rings. The molecule has 0 aliphatic carbocycles. The lowest BCUT2D eigenvalue weighted by molar-refractivity contribution is -0.133. The number of amides is 3. The van der Waals surface area contributed by atoms with Crippen molar-refractivity contribution in [2.24, 2.45) is 0 Å². The number of anilines is 1. The van der Waals surface area contributed by atoms with Gasteiger partial charge in [0.25, 0.3) is 17.7 Å². The van der Waals surface area contributed by atoms with Gasteiger partial charge in [0, 0.05) is 32.7 Å². The van der Waals surface area contributed by atoms with Crippen molar-refractivity contribution in [3.05, 3.63) is 94.8 Å². The summed E-state index contributed by atoms with van der Waals surface area (Å²) in [5, 5.41) is 0. The Hall–Kier alpha value is -4.20. The zero-order valence-electron chi connectivity index (χ0n) is 20.7. The number of halogens is 1. The number of rotatable bonds is 7. The van der Waals surface area contributed by atoms with Crippen LogP contribution in [0.4, 0.5) is 10.1 Å². The summed E-state index contributed by atoms with van der Waals surface area (Å²) in [5.41, 5.74) is 3.49. The van der Waals surface area contributed by atoms with E-state index in [1.165, 1.54) is 17.0 Å². The van der Waals surface area contributed by atoms with Crippen LogP contribution in [0.25, 0.3) is 0 Å². The molecule has 3 aromatic carbocycles. The van der Waals surface area contributed by atoms with Crippen LogP contribution in [-0.2, 0) is 11.2 Å². The minimum Gasteiger partial charge on any atom is -0.484 e. The minimum absolute atomic E-state index is 0.0280. The Balaban J connectivity index is 1.21. The van der Waals surface area contributed by atoms with Crippen molar-refractivity contribution < 1.29 is 23.5 Å². The first kappa shape index (κ1) is 24.5. The van der Waals surface area contributed by atoms with E-state index < -0.39 is 0 Å². The lowest BCUT2D eigenvalue weighted by atomic mass is 10.1. The predicted molar refractivity (Wildman–Crippen MR) is 137 cm³/mol. The third-order valence-electron chi connectivity index (χ3n) is 6.87. The zero-order valence-corrected chi connectivity index (χ0v) is 20.7. The van der Waals surface area contributed by atoms with Crippen molar-refractivity contribution in [3.8, 4) is 5.75 Å². The van der Waals surface area contributed by atoms with Gasteiger partial charge < -0.3 is 14.5 Å². The molecule has 5 rings (SSSR count). The number of carbonyl (C=O) groups is 3. The second-order valence-electron chi connectivity index (χ2n) is 9.31. The van der Waals surface area contributed by atoms with Gasteiger partial charge in [0.1, 0.15) is 11.6 Å². The Morgan fingerprint density at radius 1 is 0.892 bits per heavy atom. The van der Waals surface area contributed by atoms with Gasteiger partial charge in [0.2, 0.25) is 0 Å². The number of aryl methyl sites for hydroxylation is 1. The van der Waals surface area contributed by atoms with Crippen LogP contribution >= 0.6 is 0 Å². The van der Waals surface area contributed by atoms with Crippen molar-refractivity contribution in [2.75, 3.05) is 44.2 Å². The molecule has 0 bridgehead atoms. The Morgan fingerprint density at radius 2 is 1.59 bits per heavy atom. The SMILES string of the molecule is Cc1ccc(OCC(=O)N2CCN(c3cccc4c3C(=O)N(CCc3ccc(F)cc3)C4=O)CC2)cc1. The van der Waals surface area contributed by atoms with E-state index in [0.717, 1.165) is 11.1 Å². The van der Waals surface area contributed by atoms with Crippen LogP contribution in [0.2, 0.25) is 0 Å². The molecule has 2 heterocycles. The van der Waals surface area contributed by atoms with Gasteiger partial charge in [-0.15, -0.1) is 0 Å². The van der Waals surface area contributed by atoms with Crippen LogP contribution in [0, 0.1) is 12.7 Å². The van der Waals surface area contributed by atoms with Gasteiger partial charge in [-0.05, 0) is 55.3 Å². The number of hydrogen-bond donors (Lipinski definition) is 0. The number of ether oxygens (including phenoxy) is 1. The van der Waals surface area contributed by atoms with Crippen molar-refractivity contribution >= 4 is 23.4 Å². The molecule has 1 saturated heterocycles. The predicted octanol–water partition coefficient (Wildman–Crippen LogP) is 3.70. The summed E-state index contributed by atoms with van der Waals surface area (Å²) in [6.45, 7) is 4.27. The summed E-state index contributed by atoms with van der Waals surface area (Å²) in [7, 11) is 0. The van der Waals surface area contributed by atoms with Crippen LogP contribution in [0.15, 0.2) is 66.7 Å². The zero-order chi connectivity index (χ0) is 25.9. The van der Waals surface area contributed by atoms with E-state index in [0.29, 0.717) is 55.2 Å². The largest absolute Gasteiger partial charge is 0.484 e. The molecule has 2 aliphatic rings. The van der Waals surface area contributed by atoms with Crippen molar-refractivity contribution in [1.82, 2.24) is 9.80 Å². The van der Waals surface area contributed by atoms with E-state index in [-0.39, 0.29) is 36.7 Å². The molecule has 0 spiro atoms. The van der Waals surface area contributed by atoms with Crippen molar-refractivity contribution in [1.29, 1.82) is 0 Å². The maximum Gasteiger partial charge on any atom is 0.263 e. The van der Waals surface area contributed by atoms with E-state index >= 15 is 0 Å². The molecule has 0 saturated carbocycles. The molecule has 190 valence electrons. The summed E-state index contributed by atoms with van der Waals surface area (Å²) < 4.78 is 18.8. The number of hydrogen-bond acceptors (Lipinski definition) is 5. The van der Waals surface area contributed by atoms with Gasteiger partial charge in [-0.1, -0.05) is 35.9 Å². The van der Waals surface area contributed by atoms with E-state index in [4.69, 9.17) is 4.74 Å². The number of nitrogens with zero attached hydrogens (tertiary/aromatic N) is 3. The second-order valence-corrected chi connectivity index (χ2v) is 9.31. The topological polar surface area (TPSA) is 70.2 Å². The van der Waals surface area contributed by atoms with Crippen LogP contribution in [0.3, 0.4) is 0 Å². The van der Waals surface area contributed by atoms with Crippen LogP contribution in [-0.4, -0.2) is 66.9 Å². The molecule has 7 nitrogen and oxygen atoms in total. The van der Waals surface area contributed by atoms with Crippen molar-refractivity contribution in [2.45, 2.75) is 13.3 Å². The molecule has 8 heteroatoms. The van der Waals surface area contributed by atoms with Crippen LogP contribution < -0.4 is 9.64 Å². The lowest BCUT2D eigenvalue weighted by Crippen LogP contribution is -2.50. The molecule has 2 aliphatic heterocycles. The number of piperazine rings is 1. The fraction of sp³-hybridized carbons (Fsp3) is 0.276. The molecule has 0 atom stereocenters. The highest BCUT2D eigenvalue weighted by atomic mass is 19.1. The smallest absolute Gasteiger partial charge is 0.263 e. The third kappa shape index (κ3) is 5.18. The Morgan fingerprint density at radius 3 is 2.30 bits per heavy atom. The van der Waals surface area contributed by atoms with Gasteiger partial charge in [-0.3, -0.25) is 19.3 Å². The Labute approximate surface area is 215 Å². The average Bonchev–Trinajstić information content (AvgIpc) is 3.17. The quantitative estimate of drug-likeness (QED) is 0.462. The first-order valence-corrected chi connectivity index (χ1v) is 12.4. The fourth-order valence-corrected chi connectivity index (χ4v) is 4.74. The first-order valence-electron chi connectivity index (χ1n) is 12.4. The van der Waals surface area contributed by atoms with E-state index in [2.05, 4.69) is 4.90 Å². The standard InChI is InChI=1S/C29H28FN3O4/c1-20-5-11-23(12-6-20)37-19-26(34)32-17-15-31(16-18-32)25-4-2-3-24-27(25)29(36)33(28(24)35)14-13-21-7-9-22(30)10-8-21/h2-12H,13-19H2,1H3. The maximum absolute atomic E-state index is 13.3. The number of benzene rings is 3. The highest BCUT2D eigenvalue weighted by Crippen LogP contribution is 2.32.